The molecule has 0 amide bonds. The first-order chi connectivity index (χ1) is 8.31. The fourth-order valence-electron chi connectivity index (χ4n) is 1.81. The summed E-state index contributed by atoms with van der Waals surface area (Å²) in [4.78, 5) is 11.5. The van der Waals surface area contributed by atoms with Crippen molar-refractivity contribution in [3.63, 3.8) is 0 Å². The van der Waals surface area contributed by atoms with Gasteiger partial charge in [0.05, 0.1) is 19.3 Å². The van der Waals surface area contributed by atoms with Crippen molar-refractivity contribution in [1.82, 2.24) is 20.2 Å². The van der Waals surface area contributed by atoms with Crippen LogP contribution in [0.5, 0.6) is 0 Å². The molecule has 1 saturated heterocycles. The van der Waals surface area contributed by atoms with Gasteiger partial charge >= 0.3 is 5.97 Å². The molecule has 0 bridgehead atoms. The number of hydrogen-bond acceptors (Lipinski definition) is 6. The Morgan fingerprint density at radius 1 is 1.59 bits per heavy atom. The fourth-order valence-corrected chi connectivity index (χ4v) is 1.81. The van der Waals surface area contributed by atoms with Crippen molar-refractivity contribution in [1.29, 1.82) is 0 Å². The Labute approximate surface area is 99.1 Å². The molecular formula is C10H16N4O3. The third kappa shape index (κ3) is 3.00. The number of nitrogens with zero attached hydrogens (tertiary/aromatic N) is 4. The van der Waals surface area contributed by atoms with Crippen LogP contribution in [0.3, 0.4) is 0 Å². The minimum atomic E-state index is -0.492. The number of esters is 1. The Balaban J connectivity index is 2.00. The van der Waals surface area contributed by atoms with E-state index in [1.54, 1.807) is 6.92 Å². The Morgan fingerprint density at radius 3 is 3.18 bits per heavy atom. The zero-order chi connectivity index (χ0) is 12.1. The van der Waals surface area contributed by atoms with E-state index in [1.807, 2.05) is 0 Å². The lowest BCUT2D eigenvalue weighted by Crippen LogP contribution is -2.27. The van der Waals surface area contributed by atoms with Crippen molar-refractivity contribution in [3.8, 4) is 0 Å². The molecule has 1 unspecified atom stereocenters. The van der Waals surface area contributed by atoms with Crippen LogP contribution in [0, 0.1) is 0 Å². The molecule has 1 aromatic heterocycles. The van der Waals surface area contributed by atoms with Crippen LogP contribution in [0.4, 0.5) is 0 Å². The smallest absolute Gasteiger partial charge is 0.378 e. The summed E-state index contributed by atoms with van der Waals surface area (Å²) in [5.74, 6) is -0.352. The van der Waals surface area contributed by atoms with Crippen LogP contribution in [0.25, 0.3) is 0 Å². The highest BCUT2D eigenvalue weighted by Gasteiger charge is 2.21. The van der Waals surface area contributed by atoms with E-state index >= 15 is 0 Å². The minimum absolute atomic E-state index is 0.0837. The first kappa shape index (κ1) is 12.0. The van der Waals surface area contributed by atoms with Crippen LogP contribution in [0.2, 0.25) is 0 Å². The molecule has 0 N–H and O–H groups in total. The van der Waals surface area contributed by atoms with Gasteiger partial charge in [-0.2, -0.15) is 0 Å². The van der Waals surface area contributed by atoms with E-state index in [0.29, 0.717) is 13.2 Å². The van der Waals surface area contributed by atoms with Crippen molar-refractivity contribution < 1.29 is 14.3 Å². The first-order valence-electron chi connectivity index (χ1n) is 5.86. The van der Waals surface area contributed by atoms with E-state index in [9.17, 15) is 4.79 Å². The van der Waals surface area contributed by atoms with E-state index in [-0.39, 0.29) is 11.9 Å². The Hall–Kier alpha value is -1.50. The average Bonchev–Trinajstić information content (AvgIpc) is 2.79. The average molecular weight is 240 g/mol. The molecule has 0 spiro atoms. The van der Waals surface area contributed by atoms with Gasteiger partial charge in [-0.15, -0.1) is 5.10 Å². The molecule has 0 saturated carbocycles. The third-order valence-electron chi connectivity index (χ3n) is 2.64. The van der Waals surface area contributed by atoms with E-state index in [2.05, 4.69) is 15.5 Å². The summed E-state index contributed by atoms with van der Waals surface area (Å²) < 4.78 is 11.9. The fraction of sp³-hybridized carbons (Fsp3) is 0.800. The van der Waals surface area contributed by atoms with Gasteiger partial charge in [-0.1, -0.05) is 0 Å². The van der Waals surface area contributed by atoms with E-state index in [0.717, 1.165) is 25.9 Å². The van der Waals surface area contributed by atoms with Gasteiger partial charge in [0, 0.05) is 6.61 Å². The predicted octanol–water partition coefficient (Wildman–Crippen LogP) is 0.419. The van der Waals surface area contributed by atoms with Crippen LogP contribution < -0.4 is 0 Å². The molecule has 1 atom stereocenters. The van der Waals surface area contributed by atoms with Gasteiger partial charge in [0.25, 0.3) is 5.82 Å². The highest BCUT2D eigenvalue weighted by molar-refractivity contribution is 5.85. The number of ether oxygens (including phenoxy) is 2. The summed E-state index contributed by atoms with van der Waals surface area (Å²) in [6.45, 7) is 3.32. The molecule has 0 aliphatic carbocycles. The lowest BCUT2D eigenvalue weighted by molar-refractivity contribution is 0.00265. The van der Waals surface area contributed by atoms with Crippen molar-refractivity contribution in [2.24, 2.45) is 0 Å². The van der Waals surface area contributed by atoms with Crippen molar-refractivity contribution in [2.45, 2.75) is 38.8 Å². The highest BCUT2D eigenvalue weighted by atomic mass is 16.5. The molecule has 17 heavy (non-hydrogen) atoms. The summed E-state index contributed by atoms with van der Waals surface area (Å²) >= 11 is 0. The van der Waals surface area contributed by atoms with E-state index in [4.69, 9.17) is 9.47 Å². The van der Waals surface area contributed by atoms with Crippen LogP contribution in [-0.2, 0) is 16.0 Å². The second-order valence-corrected chi connectivity index (χ2v) is 3.89. The number of aromatic nitrogens is 4. The summed E-state index contributed by atoms with van der Waals surface area (Å²) in [6, 6.07) is 0. The molecule has 2 heterocycles. The Morgan fingerprint density at radius 2 is 2.47 bits per heavy atom. The number of carbonyl (C=O) groups excluding carboxylic acids is 1. The maximum Gasteiger partial charge on any atom is 0.378 e. The summed E-state index contributed by atoms with van der Waals surface area (Å²) in [6.07, 6.45) is 3.29. The van der Waals surface area contributed by atoms with Gasteiger partial charge in [-0.25, -0.2) is 9.48 Å². The van der Waals surface area contributed by atoms with Crippen molar-refractivity contribution in [2.75, 3.05) is 13.2 Å². The maximum absolute atomic E-state index is 11.5. The lowest BCUT2D eigenvalue weighted by Gasteiger charge is -2.22. The zero-order valence-electron chi connectivity index (χ0n) is 9.83. The van der Waals surface area contributed by atoms with Crippen LogP contribution >= 0.6 is 0 Å². The van der Waals surface area contributed by atoms with Crippen molar-refractivity contribution in [3.05, 3.63) is 5.82 Å². The molecule has 7 nitrogen and oxygen atoms in total. The van der Waals surface area contributed by atoms with E-state index in [1.165, 1.54) is 4.68 Å². The second-order valence-electron chi connectivity index (χ2n) is 3.89. The molecule has 0 radical (unpaired) electrons. The molecule has 1 aliphatic rings. The number of tetrazole rings is 1. The van der Waals surface area contributed by atoms with Gasteiger partial charge in [0.2, 0.25) is 0 Å². The normalized spacial score (nSPS) is 20.2. The number of hydrogen-bond donors (Lipinski definition) is 0. The van der Waals surface area contributed by atoms with Gasteiger partial charge in [0.1, 0.15) is 0 Å². The van der Waals surface area contributed by atoms with E-state index < -0.39 is 5.97 Å². The zero-order valence-corrected chi connectivity index (χ0v) is 9.83. The quantitative estimate of drug-likeness (QED) is 0.709. The third-order valence-corrected chi connectivity index (χ3v) is 2.64. The van der Waals surface area contributed by atoms with Gasteiger partial charge in [-0.3, -0.25) is 0 Å². The second kappa shape index (κ2) is 5.72. The van der Waals surface area contributed by atoms with Crippen LogP contribution in [0.15, 0.2) is 0 Å². The number of rotatable bonds is 4. The molecule has 7 heteroatoms. The molecule has 1 fully saturated rings. The van der Waals surface area contributed by atoms with Crippen LogP contribution in [-0.4, -0.2) is 45.5 Å². The van der Waals surface area contributed by atoms with Crippen molar-refractivity contribution >= 4 is 5.97 Å². The first-order valence-corrected chi connectivity index (χ1v) is 5.86. The lowest BCUT2D eigenvalue weighted by atomic mass is 10.1. The highest BCUT2D eigenvalue weighted by Crippen LogP contribution is 2.14. The Kier molecular flexibility index (Phi) is 4.03. The molecule has 94 valence electrons. The monoisotopic (exact) mass is 240 g/mol. The topological polar surface area (TPSA) is 79.1 Å². The summed E-state index contributed by atoms with van der Waals surface area (Å²) in [5, 5.41) is 11.0. The van der Waals surface area contributed by atoms with Gasteiger partial charge < -0.3 is 9.47 Å². The SMILES string of the molecule is CCOC(=O)c1nnnn1CC1CCCCO1. The molecular weight excluding hydrogens is 224 g/mol. The minimum Gasteiger partial charge on any atom is -0.460 e. The Bertz CT molecular complexity index is 373. The van der Waals surface area contributed by atoms with Gasteiger partial charge in [-0.05, 0) is 36.6 Å². The maximum atomic E-state index is 11.5. The largest absolute Gasteiger partial charge is 0.460 e. The predicted molar refractivity (Wildman–Crippen MR) is 57.4 cm³/mol. The molecule has 1 aromatic rings. The summed E-state index contributed by atoms with van der Waals surface area (Å²) in [7, 11) is 0. The van der Waals surface area contributed by atoms with Gasteiger partial charge in [0.15, 0.2) is 0 Å². The molecule has 1 aliphatic heterocycles. The molecule has 2 rings (SSSR count). The summed E-state index contributed by atoms with van der Waals surface area (Å²) in [5.41, 5.74) is 0. The standard InChI is InChI=1S/C10H16N4O3/c1-2-16-10(15)9-11-12-13-14(9)7-8-5-3-4-6-17-8/h8H,2-7H2,1H3. The molecule has 0 aromatic carbocycles. The van der Waals surface area contributed by atoms with Crippen LogP contribution in [0.1, 0.15) is 36.8 Å². The number of carbonyl (C=O) groups is 1.